The van der Waals surface area contributed by atoms with Crippen molar-refractivity contribution in [1.29, 1.82) is 5.26 Å². The van der Waals surface area contributed by atoms with Gasteiger partial charge in [-0.3, -0.25) is 9.89 Å². The molecule has 0 saturated heterocycles. The van der Waals surface area contributed by atoms with Gasteiger partial charge in [0.25, 0.3) is 0 Å². The molecule has 136 valence electrons. The summed E-state index contributed by atoms with van der Waals surface area (Å²) >= 11 is 0. The first kappa shape index (κ1) is 17.0. The van der Waals surface area contributed by atoms with Gasteiger partial charge in [0.05, 0.1) is 11.9 Å². The van der Waals surface area contributed by atoms with Crippen LogP contribution < -0.4 is 5.56 Å². The van der Waals surface area contributed by atoms with Gasteiger partial charge in [0.1, 0.15) is 11.6 Å². The third kappa shape index (κ3) is 2.97. The summed E-state index contributed by atoms with van der Waals surface area (Å²) in [5.74, 6) is 1.11. The molecule has 0 aromatic carbocycles. The summed E-state index contributed by atoms with van der Waals surface area (Å²) in [4.78, 5) is 21.0. The molecular weight excluding hydrogens is 358 g/mol. The van der Waals surface area contributed by atoms with E-state index in [0.29, 0.717) is 17.3 Å². The van der Waals surface area contributed by atoms with Crippen molar-refractivity contribution in [3.05, 3.63) is 76.6 Å². The minimum atomic E-state index is -0.401. The normalized spacial score (nSPS) is 11.0. The van der Waals surface area contributed by atoms with E-state index >= 15 is 0 Å². The quantitative estimate of drug-likeness (QED) is 0.551. The van der Waals surface area contributed by atoms with Crippen molar-refractivity contribution in [3.63, 3.8) is 0 Å². The van der Waals surface area contributed by atoms with Crippen LogP contribution in [0, 0.1) is 18.3 Å². The van der Waals surface area contributed by atoms with Crippen LogP contribution in [0.4, 0.5) is 11.5 Å². The SMILES string of the molecule is Cc1[nH]n(-c2ccccn2)c(=O)c1N=Nc1c(C#N)cnn1-c1ccccn1. The van der Waals surface area contributed by atoms with Gasteiger partial charge >= 0.3 is 5.56 Å². The molecule has 4 heterocycles. The number of nitriles is 1. The van der Waals surface area contributed by atoms with Crippen LogP contribution >= 0.6 is 0 Å². The number of H-pyrrole nitrogens is 1. The molecule has 10 heteroatoms. The summed E-state index contributed by atoms with van der Waals surface area (Å²) in [6.07, 6.45) is 4.56. The maximum Gasteiger partial charge on any atom is 0.300 e. The van der Waals surface area contributed by atoms with Crippen LogP contribution in [-0.2, 0) is 0 Å². The van der Waals surface area contributed by atoms with E-state index in [1.165, 1.54) is 15.6 Å². The standard InChI is InChI=1S/C18H13N9O/c1-12-16(18(28)27(25-12)15-7-3-5-9-21-15)23-24-17-13(10-19)11-22-26(17)14-6-2-4-8-20-14/h2-9,11,25H,1H3. The first-order chi connectivity index (χ1) is 13.7. The van der Waals surface area contributed by atoms with Gasteiger partial charge < -0.3 is 0 Å². The van der Waals surface area contributed by atoms with Gasteiger partial charge in [0.15, 0.2) is 23.1 Å². The lowest BCUT2D eigenvalue weighted by atomic mass is 10.3. The lowest BCUT2D eigenvalue weighted by Crippen LogP contribution is -2.15. The molecule has 4 aromatic heterocycles. The minimum absolute atomic E-state index is 0.114. The van der Waals surface area contributed by atoms with E-state index in [1.54, 1.807) is 55.7 Å². The average Bonchev–Trinajstić information content (AvgIpc) is 3.28. The Labute approximate surface area is 158 Å². The molecule has 0 bridgehead atoms. The number of nitrogens with zero attached hydrogens (tertiary/aromatic N) is 8. The third-order valence-corrected chi connectivity index (χ3v) is 3.89. The Balaban J connectivity index is 1.78. The molecule has 0 saturated carbocycles. The first-order valence-corrected chi connectivity index (χ1v) is 8.23. The number of hydrogen-bond acceptors (Lipinski definition) is 7. The van der Waals surface area contributed by atoms with Crippen LogP contribution in [-0.4, -0.2) is 29.5 Å². The van der Waals surface area contributed by atoms with Crippen molar-refractivity contribution in [2.45, 2.75) is 6.92 Å². The Hall–Kier alpha value is -4.39. The van der Waals surface area contributed by atoms with Crippen LogP contribution in [0.5, 0.6) is 0 Å². The molecule has 0 aliphatic heterocycles. The molecule has 28 heavy (non-hydrogen) atoms. The monoisotopic (exact) mass is 371 g/mol. The molecule has 10 nitrogen and oxygen atoms in total. The van der Waals surface area contributed by atoms with Gasteiger partial charge in [-0.1, -0.05) is 12.1 Å². The molecule has 0 radical (unpaired) electrons. The van der Waals surface area contributed by atoms with E-state index in [1.807, 2.05) is 6.07 Å². The Morgan fingerprint density at radius 3 is 2.43 bits per heavy atom. The van der Waals surface area contributed by atoms with E-state index in [-0.39, 0.29) is 17.1 Å². The van der Waals surface area contributed by atoms with E-state index in [4.69, 9.17) is 0 Å². The van der Waals surface area contributed by atoms with Crippen molar-refractivity contribution in [3.8, 4) is 17.7 Å². The Morgan fingerprint density at radius 2 is 1.79 bits per heavy atom. The third-order valence-electron chi connectivity index (χ3n) is 3.89. The average molecular weight is 371 g/mol. The van der Waals surface area contributed by atoms with Gasteiger partial charge in [-0.2, -0.15) is 19.7 Å². The molecule has 4 rings (SSSR count). The lowest BCUT2D eigenvalue weighted by molar-refractivity contribution is 0.807. The fraction of sp³-hybridized carbons (Fsp3) is 0.0556. The molecule has 0 atom stereocenters. The van der Waals surface area contributed by atoms with E-state index < -0.39 is 5.56 Å². The number of nitrogens with one attached hydrogen (secondary N) is 1. The second-order valence-electron chi connectivity index (χ2n) is 5.71. The Bertz CT molecular complexity index is 1240. The Kier molecular flexibility index (Phi) is 4.31. The van der Waals surface area contributed by atoms with Crippen LogP contribution in [0.15, 0.2) is 70.0 Å². The number of rotatable bonds is 4. The molecule has 0 fully saturated rings. The summed E-state index contributed by atoms with van der Waals surface area (Å²) in [6.45, 7) is 1.70. The molecule has 4 aromatic rings. The highest BCUT2D eigenvalue weighted by Gasteiger charge is 2.15. The van der Waals surface area contributed by atoms with E-state index in [0.717, 1.165) is 0 Å². The number of aryl methyl sites for hydroxylation is 1. The number of pyridine rings is 2. The predicted octanol–water partition coefficient (Wildman–Crippen LogP) is 2.74. The molecule has 0 unspecified atom stereocenters. The summed E-state index contributed by atoms with van der Waals surface area (Å²) in [6, 6.07) is 12.5. The van der Waals surface area contributed by atoms with E-state index in [2.05, 4.69) is 30.4 Å². The van der Waals surface area contributed by atoms with Gasteiger partial charge in [-0.05, 0) is 31.2 Å². The summed E-state index contributed by atoms with van der Waals surface area (Å²) in [5, 5.41) is 24.6. The fourth-order valence-corrected chi connectivity index (χ4v) is 2.56. The van der Waals surface area contributed by atoms with Gasteiger partial charge in [-0.25, -0.2) is 9.97 Å². The van der Waals surface area contributed by atoms with Crippen LogP contribution in [0.3, 0.4) is 0 Å². The van der Waals surface area contributed by atoms with Crippen molar-refractivity contribution in [2.24, 2.45) is 10.2 Å². The summed E-state index contributed by atoms with van der Waals surface area (Å²) < 4.78 is 2.67. The zero-order valence-corrected chi connectivity index (χ0v) is 14.7. The Morgan fingerprint density at radius 1 is 1.07 bits per heavy atom. The lowest BCUT2D eigenvalue weighted by Gasteiger charge is -2.01. The number of hydrogen-bond donors (Lipinski definition) is 1. The maximum atomic E-state index is 12.7. The number of aromatic nitrogens is 6. The van der Waals surface area contributed by atoms with Crippen LogP contribution in [0.2, 0.25) is 0 Å². The molecule has 0 aliphatic rings. The van der Waals surface area contributed by atoms with Gasteiger partial charge in [-0.15, -0.1) is 10.2 Å². The zero-order valence-electron chi connectivity index (χ0n) is 14.7. The highest BCUT2D eigenvalue weighted by atomic mass is 16.1. The van der Waals surface area contributed by atoms with Crippen molar-refractivity contribution in [2.75, 3.05) is 0 Å². The molecule has 0 amide bonds. The summed E-state index contributed by atoms with van der Waals surface area (Å²) in [7, 11) is 0. The molecule has 1 N–H and O–H groups in total. The van der Waals surface area contributed by atoms with Gasteiger partial charge in [0, 0.05) is 12.4 Å². The van der Waals surface area contributed by atoms with Crippen molar-refractivity contribution >= 4 is 11.5 Å². The van der Waals surface area contributed by atoms with Crippen LogP contribution in [0.25, 0.3) is 11.6 Å². The van der Waals surface area contributed by atoms with Crippen molar-refractivity contribution < 1.29 is 0 Å². The second-order valence-corrected chi connectivity index (χ2v) is 5.71. The summed E-state index contributed by atoms with van der Waals surface area (Å²) in [5.41, 5.74) is 0.445. The number of azo groups is 1. The minimum Gasteiger partial charge on any atom is -0.292 e. The largest absolute Gasteiger partial charge is 0.300 e. The molecular formula is C18H13N9O. The number of aromatic amines is 1. The fourth-order valence-electron chi connectivity index (χ4n) is 2.56. The second kappa shape index (κ2) is 7.08. The smallest absolute Gasteiger partial charge is 0.292 e. The molecule has 0 spiro atoms. The predicted molar refractivity (Wildman–Crippen MR) is 99.2 cm³/mol. The topological polar surface area (TPSA) is 130 Å². The maximum absolute atomic E-state index is 12.7. The van der Waals surface area contributed by atoms with Gasteiger partial charge in [0.2, 0.25) is 0 Å². The van der Waals surface area contributed by atoms with E-state index in [9.17, 15) is 10.1 Å². The highest BCUT2D eigenvalue weighted by molar-refractivity contribution is 5.51. The van der Waals surface area contributed by atoms with Crippen LogP contribution in [0.1, 0.15) is 11.3 Å². The highest BCUT2D eigenvalue weighted by Crippen LogP contribution is 2.24. The first-order valence-electron chi connectivity index (χ1n) is 8.23. The zero-order chi connectivity index (χ0) is 19.5. The van der Waals surface area contributed by atoms with Crippen molar-refractivity contribution in [1.82, 2.24) is 29.5 Å². The molecule has 0 aliphatic carbocycles.